The monoisotopic (exact) mass is 448 g/mol. The number of nitrogens with two attached hydrogens (primary N) is 1. The molecule has 3 rings (SSSR count). The number of rotatable bonds is 9. The number of aromatic nitrogens is 2. The van der Waals surface area contributed by atoms with Crippen molar-refractivity contribution >= 4 is 44.4 Å². The molecule has 1 amide bonds. The van der Waals surface area contributed by atoms with Crippen LogP contribution in [-0.2, 0) is 21.4 Å². The molecular weight excluding hydrogens is 424 g/mol. The number of methoxy groups -OCH3 is 1. The van der Waals surface area contributed by atoms with Crippen molar-refractivity contribution in [2.75, 3.05) is 18.2 Å². The van der Waals surface area contributed by atoms with E-state index in [9.17, 15) is 13.2 Å². The Balaban J connectivity index is 1.82. The van der Waals surface area contributed by atoms with Gasteiger partial charge >= 0.3 is 0 Å². The zero-order chi connectivity index (χ0) is 21.7. The van der Waals surface area contributed by atoms with Gasteiger partial charge in [0.05, 0.1) is 34.5 Å². The van der Waals surface area contributed by atoms with E-state index in [-0.39, 0.29) is 16.6 Å². The van der Waals surface area contributed by atoms with Crippen LogP contribution in [0.1, 0.15) is 19.8 Å². The second-order valence-electron chi connectivity index (χ2n) is 6.63. The van der Waals surface area contributed by atoms with E-state index in [1.807, 2.05) is 16.7 Å². The molecule has 0 atom stereocenters. The number of ether oxygens (including phenoxy) is 1. The number of benzene rings is 2. The molecule has 0 saturated heterocycles. The molecule has 1 heterocycles. The maximum absolute atomic E-state index is 12.5. The number of aryl methyl sites for hydroxylation is 1. The fourth-order valence-corrected chi connectivity index (χ4v) is 4.35. The van der Waals surface area contributed by atoms with Gasteiger partial charge in [0.2, 0.25) is 15.9 Å². The van der Waals surface area contributed by atoms with Gasteiger partial charge in [-0.3, -0.25) is 4.79 Å². The van der Waals surface area contributed by atoms with Gasteiger partial charge in [-0.15, -0.1) is 0 Å². The standard InChI is InChI=1S/C20H24N4O4S2/c1-3-4-11-24-17-10-9-14(30(21,26)27)12-16(17)23-20(24)29-13-19(25)22-15-7-5-6-8-18(15)28-2/h5-10,12H,3-4,11,13H2,1-2H3,(H,22,25)(H2,21,26,27). The highest BCUT2D eigenvalue weighted by Crippen LogP contribution is 2.28. The summed E-state index contributed by atoms with van der Waals surface area (Å²) in [7, 11) is -2.27. The lowest BCUT2D eigenvalue weighted by atomic mass is 10.3. The van der Waals surface area contributed by atoms with E-state index in [0.717, 1.165) is 24.9 Å². The van der Waals surface area contributed by atoms with Crippen LogP contribution in [0.15, 0.2) is 52.5 Å². The molecule has 8 nitrogen and oxygen atoms in total. The van der Waals surface area contributed by atoms with Crippen LogP contribution in [0.25, 0.3) is 11.0 Å². The number of thioether (sulfide) groups is 1. The van der Waals surface area contributed by atoms with Gasteiger partial charge in [0.1, 0.15) is 5.75 Å². The lowest BCUT2D eigenvalue weighted by Gasteiger charge is -2.10. The second-order valence-corrected chi connectivity index (χ2v) is 9.14. The molecule has 0 aliphatic heterocycles. The molecule has 0 spiro atoms. The van der Waals surface area contributed by atoms with E-state index >= 15 is 0 Å². The molecule has 3 N–H and O–H groups in total. The minimum atomic E-state index is -3.81. The summed E-state index contributed by atoms with van der Waals surface area (Å²) >= 11 is 1.30. The van der Waals surface area contributed by atoms with Gasteiger partial charge in [0.15, 0.2) is 5.16 Å². The molecule has 0 radical (unpaired) electrons. The van der Waals surface area contributed by atoms with Crippen molar-refractivity contribution in [3.8, 4) is 5.75 Å². The first-order valence-electron chi connectivity index (χ1n) is 9.42. The van der Waals surface area contributed by atoms with E-state index in [1.165, 1.54) is 23.9 Å². The van der Waals surface area contributed by atoms with Crippen molar-refractivity contribution in [2.45, 2.75) is 36.4 Å². The molecule has 0 bridgehead atoms. The predicted octanol–water partition coefficient (Wildman–Crippen LogP) is 3.22. The first-order chi connectivity index (χ1) is 14.3. The summed E-state index contributed by atoms with van der Waals surface area (Å²) in [5, 5.41) is 8.73. The average Bonchev–Trinajstić information content (AvgIpc) is 3.07. The summed E-state index contributed by atoms with van der Waals surface area (Å²) in [5.74, 6) is 0.542. The summed E-state index contributed by atoms with van der Waals surface area (Å²) < 4.78 is 30.6. The molecule has 0 aliphatic rings. The lowest BCUT2D eigenvalue weighted by Crippen LogP contribution is -2.15. The van der Waals surface area contributed by atoms with Gasteiger partial charge < -0.3 is 14.6 Å². The topological polar surface area (TPSA) is 116 Å². The molecule has 3 aromatic rings. The van der Waals surface area contributed by atoms with E-state index in [0.29, 0.717) is 22.1 Å². The Morgan fingerprint density at radius 1 is 1.27 bits per heavy atom. The number of anilines is 1. The summed E-state index contributed by atoms with van der Waals surface area (Å²) in [6, 6.07) is 11.8. The number of fused-ring (bicyclic) bond motifs is 1. The van der Waals surface area contributed by atoms with E-state index < -0.39 is 10.0 Å². The Hall–Kier alpha value is -2.56. The number of carbonyl (C=O) groups is 1. The minimum absolute atomic E-state index is 0.0145. The number of imidazole rings is 1. The van der Waals surface area contributed by atoms with Gasteiger partial charge in [-0.25, -0.2) is 18.5 Å². The number of hydrogen-bond donors (Lipinski definition) is 2. The summed E-state index contributed by atoms with van der Waals surface area (Å²) in [4.78, 5) is 17.0. The molecule has 2 aromatic carbocycles. The quantitative estimate of drug-likeness (QED) is 0.486. The van der Waals surface area contributed by atoms with Crippen LogP contribution in [-0.4, -0.2) is 36.7 Å². The zero-order valence-corrected chi connectivity index (χ0v) is 18.4. The molecule has 10 heteroatoms. The van der Waals surface area contributed by atoms with Crippen LogP contribution in [0.3, 0.4) is 0 Å². The van der Waals surface area contributed by atoms with Crippen molar-refractivity contribution in [3.63, 3.8) is 0 Å². The van der Waals surface area contributed by atoms with Gasteiger partial charge in [-0.1, -0.05) is 37.2 Å². The van der Waals surface area contributed by atoms with Crippen LogP contribution in [0.4, 0.5) is 5.69 Å². The number of nitrogens with zero attached hydrogens (tertiary/aromatic N) is 2. The van der Waals surface area contributed by atoms with Crippen molar-refractivity contribution in [1.82, 2.24) is 9.55 Å². The second kappa shape index (κ2) is 9.50. The van der Waals surface area contributed by atoms with Crippen LogP contribution in [0.5, 0.6) is 5.75 Å². The van der Waals surface area contributed by atoms with E-state index in [2.05, 4.69) is 17.2 Å². The third-order valence-electron chi connectivity index (χ3n) is 4.46. The fourth-order valence-electron chi connectivity index (χ4n) is 2.97. The van der Waals surface area contributed by atoms with Crippen LogP contribution >= 0.6 is 11.8 Å². The molecule has 0 aliphatic carbocycles. The van der Waals surface area contributed by atoms with Gasteiger partial charge in [0.25, 0.3) is 0 Å². The fraction of sp³-hybridized carbons (Fsp3) is 0.300. The third kappa shape index (κ3) is 5.13. The van der Waals surface area contributed by atoms with Gasteiger partial charge in [-0.05, 0) is 36.8 Å². The number of sulfonamides is 1. The highest BCUT2D eigenvalue weighted by atomic mass is 32.2. The Labute approximate surface area is 179 Å². The Morgan fingerprint density at radius 2 is 2.03 bits per heavy atom. The first-order valence-corrected chi connectivity index (χ1v) is 12.0. The maximum Gasteiger partial charge on any atom is 0.238 e. The highest BCUT2D eigenvalue weighted by Gasteiger charge is 2.16. The average molecular weight is 449 g/mol. The predicted molar refractivity (Wildman–Crippen MR) is 118 cm³/mol. The summed E-state index contributed by atoms with van der Waals surface area (Å²) in [6.45, 7) is 2.81. The largest absolute Gasteiger partial charge is 0.495 e. The number of nitrogens with one attached hydrogen (secondary N) is 1. The van der Waals surface area contributed by atoms with Crippen molar-refractivity contribution < 1.29 is 17.9 Å². The molecule has 1 aromatic heterocycles. The van der Waals surface area contributed by atoms with Crippen LogP contribution < -0.4 is 15.2 Å². The molecule has 160 valence electrons. The number of para-hydroxylation sites is 2. The summed E-state index contributed by atoms with van der Waals surface area (Å²) in [5.41, 5.74) is 1.94. The number of hydrogen-bond acceptors (Lipinski definition) is 6. The first kappa shape index (κ1) is 22.1. The Morgan fingerprint density at radius 3 is 2.73 bits per heavy atom. The molecule has 0 unspecified atom stereocenters. The normalized spacial score (nSPS) is 11.6. The van der Waals surface area contributed by atoms with Crippen LogP contribution in [0, 0.1) is 0 Å². The van der Waals surface area contributed by atoms with Gasteiger partial charge in [0, 0.05) is 6.54 Å². The lowest BCUT2D eigenvalue weighted by molar-refractivity contribution is -0.113. The number of primary sulfonamides is 1. The number of amides is 1. The van der Waals surface area contributed by atoms with Gasteiger partial charge in [-0.2, -0.15) is 0 Å². The molecular formula is C20H24N4O4S2. The SMILES string of the molecule is CCCCn1c(SCC(=O)Nc2ccccc2OC)nc2cc(S(N)(=O)=O)ccc21. The molecule has 0 fully saturated rings. The molecule has 30 heavy (non-hydrogen) atoms. The zero-order valence-electron chi connectivity index (χ0n) is 16.8. The van der Waals surface area contributed by atoms with Crippen molar-refractivity contribution in [1.29, 1.82) is 0 Å². The van der Waals surface area contributed by atoms with Crippen molar-refractivity contribution in [2.24, 2.45) is 5.14 Å². The Kier molecular flexibility index (Phi) is 7.01. The molecule has 0 saturated carbocycles. The van der Waals surface area contributed by atoms with E-state index in [4.69, 9.17) is 9.88 Å². The minimum Gasteiger partial charge on any atom is -0.495 e. The summed E-state index contributed by atoms with van der Waals surface area (Å²) in [6.07, 6.45) is 1.93. The third-order valence-corrected chi connectivity index (χ3v) is 6.35. The van der Waals surface area contributed by atoms with E-state index in [1.54, 1.807) is 25.3 Å². The smallest absolute Gasteiger partial charge is 0.238 e. The Bertz CT molecular complexity index is 1160. The maximum atomic E-state index is 12.5. The van der Waals surface area contributed by atoms with Crippen LogP contribution in [0.2, 0.25) is 0 Å². The number of unbranched alkanes of at least 4 members (excludes halogenated alkanes) is 1. The van der Waals surface area contributed by atoms with Crippen molar-refractivity contribution in [3.05, 3.63) is 42.5 Å². The number of carbonyl (C=O) groups excluding carboxylic acids is 1. The highest BCUT2D eigenvalue weighted by molar-refractivity contribution is 7.99.